The van der Waals surface area contributed by atoms with Crippen molar-refractivity contribution in [1.29, 1.82) is 0 Å². The van der Waals surface area contributed by atoms with E-state index in [1.165, 1.54) is 17.7 Å². The number of anilines is 1. The molecule has 28 heavy (non-hydrogen) atoms. The number of ether oxygens (including phenoxy) is 1. The Morgan fingerprint density at radius 1 is 1.00 bits per heavy atom. The van der Waals surface area contributed by atoms with Gasteiger partial charge in [-0.05, 0) is 60.5 Å². The van der Waals surface area contributed by atoms with Gasteiger partial charge in [-0.3, -0.25) is 0 Å². The van der Waals surface area contributed by atoms with Crippen LogP contribution in [-0.2, 0) is 23.2 Å². The van der Waals surface area contributed by atoms with Gasteiger partial charge < -0.3 is 10.1 Å². The molecule has 3 N–H and O–H groups in total. The molecule has 7 heteroatoms. The molecule has 0 radical (unpaired) electrons. The second kappa shape index (κ2) is 8.77. The molecule has 0 saturated carbocycles. The van der Waals surface area contributed by atoms with Crippen LogP contribution in [0.15, 0.2) is 76.1 Å². The van der Waals surface area contributed by atoms with E-state index in [4.69, 9.17) is 9.88 Å². The summed E-state index contributed by atoms with van der Waals surface area (Å²) < 4.78 is 29.7. The predicted octanol–water partition coefficient (Wildman–Crippen LogP) is 4.60. The average Bonchev–Trinajstić information content (AvgIpc) is 2.66. The molecule has 3 aromatic carbocycles. The lowest BCUT2D eigenvalue weighted by Gasteiger charge is -2.14. The van der Waals surface area contributed by atoms with Crippen LogP contribution in [-0.4, -0.2) is 8.42 Å². The number of primary sulfonamides is 1. The van der Waals surface area contributed by atoms with Gasteiger partial charge in [-0.2, -0.15) is 0 Å². The molecule has 3 aromatic rings. The summed E-state index contributed by atoms with van der Waals surface area (Å²) in [6.07, 6.45) is 0. The maximum absolute atomic E-state index is 11.4. The van der Waals surface area contributed by atoms with E-state index in [1.54, 1.807) is 12.1 Å². The van der Waals surface area contributed by atoms with E-state index in [0.717, 1.165) is 27.0 Å². The number of nitrogens with one attached hydrogen (secondary N) is 1. The Hall–Kier alpha value is -2.35. The van der Waals surface area contributed by atoms with Gasteiger partial charge >= 0.3 is 0 Å². The molecular weight excluding hydrogens is 440 g/mol. The molecule has 0 aliphatic carbocycles. The summed E-state index contributed by atoms with van der Waals surface area (Å²) in [5.74, 6) is 0.792. The van der Waals surface area contributed by atoms with Crippen LogP contribution in [0.2, 0.25) is 0 Å². The molecule has 0 bridgehead atoms. The second-order valence-electron chi connectivity index (χ2n) is 6.39. The zero-order chi connectivity index (χ0) is 20.1. The third kappa shape index (κ3) is 5.34. The van der Waals surface area contributed by atoms with Gasteiger partial charge in [0.2, 0.25) is 10.0 Å². The summed E-state index contributed by atoms with van der Waals surface area (Å²) in [5, 5.41) is 8.41. The van der Waals surface area contributed by atoms with Crippen LogP contribution in [0.1, 0.15) is 16.7 Å². The zero-order valence-electron chi connectivity index (χ0n) is 15.4. The van der Waals surface area contributed by atoms with Crippen LogP contribution < -0.4 is 15.2 Å². The lowest BCUT2D eigenvalue weighted by molar-refractivity contribution is 0.302. The maximum atomic E-state index is 11.4. The number of sulfonamides is 1. The van der Waals surface area contributed by atoms with E-state index in [-0.39, 0.29) is 4.90 Å². The number of hydrogen-bond acceptors (Lipinski definition) is 4. The van der Waals surface area contributed by atoms with Crippen molar-refractivity contribution in [3.63, 3.8) is 0 Å². The minimum Gasteiger partial charge on any atom is -0.489 e. The Morgan fingerprint density at radius 2 is 1.71 bits per heavy atom. The molecule has 0 amide bonds. The number of rotatable bonds is 7. The smallest absolute Gasteiger partial charge is 0.238 e. The van der Waals surface area contributed by atoms with Crippen molar-refractivity contribution in [1.82, 2.24) is 0 Å². The van der Waals surface area contributed by atoms with Crippen molar-refractivity contribution in [3.8, 4) is 5.75 Å². The number of nitrogens with two attached hydrogens (primary N) is 1. The molecule has 0 aromatic heterocycles. The van der Waals surface area contributed by atoms with Gasteiger partial charge in [0.25, 0.3) is 0 Å². The summed E-state index contributed by atoms with van der Waals surface area (Å²) in [5.41, 5.74) is 4.10. The lowest BCUT2D eigenvalue weighted by atomic mass is 10.1. The summed E-state index contributed by atoms with van der Waals surface area (Å²) in [7, 11) is -3.69. The Bertz CT molecular complexity index is 1070. The molecule has 0 fully saturated rings. The zero-order valence-corrected chi connectivity index (χ0v) is 17.8. The highest BCUT2D eigenvalue weighted by atomic mass is 79.9. The molecule has 0 atom stereocenters. The van der Waals surface area contributed by atoms with Gasteiger partial charge in [0.05, 0.1) is 4.90 Å². The van der Waals surface area contributed by atoms with Crippen LogP contribution in [0.3, 0.4) is 0 Å². The number of halogens is 1. The third-order valence-electron chi connectivity index (χ3n) is 4.33. The van der Waals surface area contributed by atoms with Gasteiger partial charge in [-0.1, -0.05) is 40.2 Å². The van der Waals surface area contributed by atoms with E-state index in [0.29, 0.717) is 13.2 Å². The summed E-state index contributed by atoms with van der Waals surface area (Å²) in [6.45, 7) is 3.08. The summed E-state index contributed by atoms with van der Waals surface area (Å²) in [6, 6.07) is 20.3. The number of benzene rings is 3. The van der Waals surface area contributed by atoms with Crippen LogP contribution >= 0.6 is 15.9 Å². The van der Waals surface area contributed by atoms with Gasteiger partial charge in [0, 0.05) is 22.3 Å². The van der Waals surface area contributed by atoms with Crippen LogP contribution in [0.4, 0.5) is 5.69 Å². The quantitative estimate of drug-likeness (QED) is 0.539. The summed E-state index contributed by atoms with van der Waals surface area (Å²) >= 11 is 3.50. The normalized spacial score (nSPS) is 11.2. The Balaban J connectivity index is 1.71. The van der Waals surface area contributed by atoms with E-state index in [1.807, 2.05) is 30.3 Å². The van der Waals surface area contributed by atoms with E-state index in [2.05, 4.69) is 40.3 Å². The first kappa shape index (κ1) is 20.4. The molecule has 3 rings (SSSR count). The topological polar surface area (TPSA) is 81.4 Å². The minimum absolute atomic E-state index is 0.0859. The third-order valence-corrected chi connectivity index (χ3v) is 5.76. The van der Waals surface area contributed by atoms with E-state index >= 15 is 0 Å². The average molecular weight is 461 g/mol. The number of hydrogen-bond donors (Lipinski definition) is 2. The van der Waals surface area contributed by atoms with Gasteiger partial charge in [-0.15, -0.1) is 0 Å². The molecule has 0 heterocycles. The Morgan fingerprint density at radius 3 is 2.39 bits per heavy atom. The van der Waals surface area contributed by atoms with Crippen molar-refractivity contribution >= 4 is 31.6 Å². The highest BCUT2D eigenvalue weighted by Gasteiger charge is 2.09. The summed E-state index contributed by atoms with van der Waals surface area (Å²) in [4.78, 5) is 0.0859. The van der Waals surface area contributed by atoms with Gasteiger partial charge in [0.1, 0.15) is 12.4 Å². The van der Waals surface area contributed by atoms with Crippen LogP contribution in [0.25, 0.3) is 0 Å². The van der Waals surface area contributed by atoms with Crippen molar-refractivity contribution in [3.05, 3.63) is 87.9 Å². The van der Waals surface area contributed by atoms with E-state index in [9.17, 15) is 8.42 Å². The predicted molar refractivity (Wildman–Crippen MR) is 115 cm³/mol. The second-order valence-corrected chi connectivity index (χ2v) is 8.87. The monoisotopic (exact) mass is 460 g/mol. The Labute approximate surface area is 173 Å². The molecule has 0 unspecified atom stereocenters. The highest BCUT2D eigenvalue weighted by molar-refractivity contribution is 9.10. The molecule has 146 valence electrons. The van der Waals surface area contributed by atoms with Crippen molar-refractivity contribution in [2.45, 2.75) is 25.0 Å². The molecule has 5 nitrogen and oxygen atoms in total. The molecule has 0 aliphatic rings. The lowest BCUT2D eigenvalue weighted by Crippen LogP contribution is -2.12. The first-order valence-electron chi connectivity index (χ1n) is 8.65. The van der Waals surface area contributed by atoms with Crippen molar-refractivity contribution in [2.24, 2.45) is 5.14 Å². The van der Waals surface area contributed by atoms with E-state index < -0.39 is 10.0 Å². The maximum Gasteiger partial charge on any atom is 0.238 e. The molecule has 0 spiro atoms. The van der Waals surface area contributed by atoms with Gasteiger partial charge in [-0.25, -0.2) is 13.6 Å². The number of aryl methyl sites for hydroxylation is 1. The molecule has 0 saturated heterocycles. The first-order valence-corrected chi connectivity index (χ1v) is 11.0. The fraction of sp³-hybridized carbons (Fsp3) is 0.143. The molecular formula is C21H21BrN2O3S. The van der Waals surface area contributed by atoms with Crippen LogP contribution in [0, 0.1) is 6.92 Å². The SMILES string of the molecule is Cc1ccccc1COc1ccc(Br)cc1CNc1ccc(S(N)(=O)=O)cc1. The van der Waals surface area contributed by atoms with Crippen LogP contribution in [0.5, 0.6) is 5.75 Å². The first-order chi connectivity index (χ1) is 13.3. The van der Waals surface area contributed by atoms with Crippen molar-refractivity contribution < 1.29 is 13.2 Å². The standard InChI is InChI=1S/C21H21BrN2O3S/c1-15-4-2-3-5-16(15)14-27-21-11-6-18(22)12-17(21)13-24-19-7-9-20(10-8-19)28(23,25)26/h2-12,24H,13-14H2,1H3,(H2,23,25,26). The minimum atomic E-state index is -3.69. The van der Waals surface area contributed by atoms with Gasteiger partial charge in [0.15, 0.2) is 0 Å². The largest absolute Gasteiger partial charge is 0.489 e. The molecule has 0 aliphatic heterocycles. The fourth-order valence-corrected chi connectivity index (χ4v) is 3.64. The van der Waals surface area contributed by atoms with Crippen molar-refractivity contribution in [2.75, 3.05) is 5.32 Å². The Kier molecular flexibility index (Phi) is 6.39. The fourth-order valence-electron chi connectivity index (χ4n) is 2.71. The highest BCUT2D eigenvalue weighted by Crippen LogP contribution is 2.26.